The molecule has 2 aliphatic rings. The molecule has 0 radical (unpaired) electrons. The highest BCUT2D eigenvalue weighted by molar-refractivity contribution is 5.74. The fourth-order valence-corrected chi connectivity index (χ4v) is 2.91. The summed E-state index contributed by atoms with van der Waals surface area (Å²) in [7, 11) is 0. The van der Waals surface area contributed by atoms with Gasteiger partial charge in [0.25, 0.3) is 0 Å². The molecule has 0 spiro atoms. The van der Waals surface area contributed by atoms with E-state index >= 15 is 0 Å². The SMILES string of the molecule is NN.O=C(NC1CCCCC1)NC1CCCCC1. The summed E-state index contributed by atoms with van der Waals surface area (Å²) in [6, 6.07) is 0.925. The van der Waals surface area contributed by atoms with Gasteiger partial charge in [0.05, 0.1) is 0 Å². The molecule has 5 heteroatoms. The standard InChI is InChI=1S/C13H24N2O.H4N2/c16-13(14-11-7-3-1-4-8-11)15-12-9-5-2-6-10-12;1-2/h11-12H,1-10H2,(H2,14,15,16);1-2H2. The minimum Gasteiger partial charge on any atom is -0.335 e. The Labute approximate surface area is 110 Å². The van der Waals surface area contributed by atoms with E-state index in [-0.39, 0.29) is 6.03 Å². The van der Waals surface area contributed by atoms with Crippen molar-refractivity contribution in [2.75, 3.05) is 0 Å². The number of rotatable bonds is 2. The maximum atomic E-state index is 11.8. The van der Waals surface area contributed by atoms with Crippen molar-refractivity contribution in [3.63, 3.8) is 0 Å². The monoisotopic (exact) mass is 256 g/mol. The molecule has 0 aliphatic heterocycles. The summed E-state index contributed by atoms with van der Waals surface area (Å²) in [5, 5.41) is 6.23. The number of hydrogen-bond acceptors (Lipinski definition) is 3. The lowest BCUT2D eigenvalue weighted by Gasteiger charge is -2.26. The normalized spacial score (nSPS) is 21.7. The van der Waals surface area contributed by atoms with E-state index in [1.54, 1.807) is 0 Å². The molecule has 0 saturated heterocycles. The van der Waals surface area contributed by atoms with Gasteiger partial charge >= 0.3 is 6.03 Å². The van der Waals surface area contributed by atoms with Gasteiger partial charge in [0.15, 0.2) is 0 Å². The molecule has 2 aliphatic carbocycles. The van der Waals surface area contributed by atoms with Crippen molar-refractivity contribution >= 4 is 6.03 Å². The van der Waals surface area contributed by atoms with Gasteiger partial charge in [-0.1, -0.05) is 38.5 Å². The predicted molar refractivity (Wildman–Crippen MR) is 73.8 cm³/mol. The number of nitrogens with two attached hydrogens (primary N) is 2. The van der Waals surface area contributed by atoms with E-state index in [1.165, 1.54) is 38.5 Å². The molecule has 6 N–H and O–H groups in total. The molecule has 106 valence electrons. The molecule has 2 fully saturated rings. The first kappa shape index (κ1) is 15.2. The summed E-state index contributed by atoms with van der Waals surface area (Å²) in [4.78, 5) is 11.8. The molecular formula is C13H28N4O. The first-order valence-electron chi connectivity index (χ1n) is 7.25. The molecular weight excluding hydrogens is 228 g/mol. The number of amides is 2. The number of nitrogens with one attached hydrogen (secondary N) is 2. The van der Waals surface area contributed by atoms with E-state index < -0.39 is 0 Å². The number of carbonyl (C=O) groups is 1. The highest BCUT2D eigenvalue weighted by Gasteiger charge is 2.19. The molecule has 0 bridgehead atoms. The largest absolute Gasteiger partial charge is 0.335 e. The Morgan fingerprint density at radius 3 is 1.39 bits per heavy atom. The third-order valence-corrected chi connectivity index (χ3v) is 3.88. The Balaban J connectivity index is 0.000000771. The maximum absolute atomic E-state index is 11.8. The van der Waals surface area contributed by atoms with E-state index in [0.29, 0.717) is 12.1 Å². The van der Waals surface area contributed by atoms with Gasteiger partial charge in [-0.15, -0.1) is 0 Å². The molecule has 2 saturated carbocycles. The lowest BCUT2D eigenvalue weighted by atomic mass is 9.95. The number of hydrazine groups is 1. The van der Waals surface area contributed by atoms with E-state index in [9.17, 15) is 4.79 Å². The van der Waals surface area contributed by atoms with Gasteiger partial charge in [-0.05, 0) is 25.7 Å². The zero-order valence-corrected chi connectivity index (χ0v) is 11.3. The van der Waals surface area contributed by atoms with Gasteiger partial charge in [0, 0.05) is 12.1 Å². The van der Waals surface area contributed by atoms with Gasteiger partial charge in [0.2, 0.25) is 0 Å². The molecule has 0 unspecified atom stereocenters. The van der Waals surface area contributed by atoms with Crippen molar-refractivity contribution in [2.24, 2.45) is 11.7 Å². The van der Waals surface area contributed by atoms with Crippen LogP contribution in [0.25, 0.3) is 0 Å². The zero-order valence-electron chi connectivity index (χ0n) is 11.3. The van der Waals surface area contributed by atoms with Crippen LogP contribution in [0.5, 0.6) is 0 Å². The first-order chi connectivity index (χ1) is 8.84. The second kappa shape index (κ2) is 9.16. The molecule has 0 heterocycles. The predicted octanol–water partition coefficient (Wildman–Crippen LogP) is 1.77. The van der Waals surface area contributed by atoms with Gasteiger partial charge in [-0.3, -0.25) is 11.7 Å². The second-order valence-electron chi connectivity index (χ2n) is 5.29. The van der Waals surface area contributed by atoms with E-state index in [2.05, 4.69) is 22.3 Å². The second-order valence-corrected chi connectivity index (χ2v) is 5.29. The Morgan fingerprint density at radius 1 is 0.722 bits per heavy atom. The van der Waals surface area contributed by atoms with Crippen LogP contribution < -0.4 is 22.3 Å². The Hall–Kier alpha value is -0.810. The average molecular weight is 256 g/mol. The quantitative estimate of drug-likeness (QED) is 0.448. The maximum Gasteiger partial charge on any atom is 0.315 e. The Morgan fingerprint density at radius 2 is 1.06 bits per heavy atom. The summed E-state index contributed by atoms with van der Waals surface area (Å²) in [5.41, 5.74) is 0. The van der Waals surface area contributed by atoms with Crippen molar-refractivity contribution in [1.29, 1.82) is 0 Å². The van der Waals surface area contributed by atoms with Crippen LogP contribution in [0.15, 0.2) is 0 Å². The molecule has 18 heavy (non-hydrogen) atoms. The van der Waals surface area contributed by atoms with Crippen LogP contribution >= 0.6 is 0 Å². The van der Waals surface area contributed by atoms with E-state index in [4.69, 9.17) is 0 Å². The summed E-state index contributed by atoms with van der Waals surface area (Å²) in [5.74, 6) is 8.00. The fourth-order valence-electron chi connectivity index (χ4n) is 2.91. The van der Waals surface area contributed by atoms with Crippen LogP contribution in [-0.2, 0) is 0 Å². The Bertz CT molecular complexity index is 201. The van der Waals surface area contributed by atoms with Crippen molar-refractivity contribution < 1.29 is 4.79 Å². The zero-order chi connectivity index (χ0) is 13.2. The highest BCUT2D eigenvalue weighted by atomic mass is 16.2. The third kappa shape index (κ3) is 5.69. The lowest BCUT2D eigenvalue weighted by molar-refractivity contribution is 0.224. The molecule has 2 amide bonds. The summed E-state index contributed by atoms with van der Waals surface area (Å²) in [6.45, 7) is 0. The lowest BCUT2D eigenvalue weighted by Crippen LogP contribution is -2.47. The number of carbonyl (C=O) groups excluding carboxylic acids is 1. The van der Waals surface area contributed by atoms with E-state index in [0.717, 1.165) is 25.7 Å². The van der Waals surface area contributed by atoms with Gasteiger partial charge in [0.1, 0.15) is 0 Å². The van der Waals surface area contributed by atoms with Crippen LogP contribution in [-0.4, -0.2) is 18.1 Å². The fraction of sp³-hybridized carbons (Fsp3) is 0.923. The van der Waals surface area contributed by atoms with Gasteiger partial charge < -0.3 is 10.6 Å². The van der Waals surface area contributed by atoms with Crippen LogP contribution in [0.3, 0.4) is 0 Å². The van der Waals surface area contributed by atoms with Crippen LogP contribution in [0, 0.1) is 0 Å². The molecule has 5 nitrogen and oxygen atoms in total. The Kier molecular flexibility index (Phi) is 7.76. The average Bonchev–Trinajstić information content (AvgIpc) is 2.43. The van der Waals surface area contributed by atoms with Gasteiger partial charge in [-0.2, -0.15) is 0 Å². The van der Waals surface area contributed by atoms with Crippen molar-refractivity contribution in [2.45, 2.75) is 76.3 Å². The van der Waals surface area contributed by atoms with Crippen molar-refractivity contribution in [1.82, 2.24) is 10.6 Å². The third-order valence-electron chi connectivity index (χ3n) is 3.88. The minimum absolute atomic E-state index is 0.0683. The summed E-state index contributed by atoms with van der Waals surface area (Å²) < 4.78 is 0. The van der Waals surface area contributed by atoms with Crippen LogP contribution in [0.1, 0.15) is 64.2 Å². The molecule has 0 atom stereocenters. The smallest absolute Gasteiger partial charge is 0.315 e. The minimum atomic E-state index is 0.0683. The highest BCUT2D eigenvalue weighted by Crippen LogP contribution is 2.19. The van der Waals surface area contributed by atoms with Crippen LogP contribution in [0.4, 0.5) is 4.79 Å². The number of urea groups is 1. The molecule has 0 aromatic rings. The molecule has 0 aromatic heterocycles. The van der Waals surface area contributed by atoms with Crippen LogP contribution in [0.2, 0.25) is 0 Å². The molecule has 2 rings (SSSR count). The summed E-state index contributed by atoms with van der Waals surface area (Å²) in [6.07, 6.45) is 12.4. The van der Waals surface area contributed by atoms with Crippen molar-refractivity contribution in [3.05, 3.63) is 0 Å². The molecule has 0 aromatic carbocycles. The summed E-state index contributed by atoms with van der Waals surface area (Å²) >= 11 is 0. The van der Waals surface area contributed by atoms with E-state index in [1.807, 2.05) is 0 Å². The number of hydrogen-bond donors (Lipinski definition) is 4. The first-order valence-corrected chi connectivity index (χ1v) is 7.25. The van der Waals surface area contributed by atoms with Crippen molar-refractivity contribution in [3.8, 4) is 0 Å². The topological polar surface area (TPSA) is 93.2 Å². The van der Waals surface area contributed by atoms with Gasteiger partial charge in [-0.25, -0.2) is 4.79 Å².